The molecule has 0 fully saturated rings. The monoisotopic (exact) mass is 94.0 g/mol. The van der Waals surface area contributed by atoms with Crippen molar-refractivity contribution in [2.45, 2.75) is 6.42 Å². The molecule has 0 aliphatic rings. The highest BCUT2D eigenvalue weighted by Gasteiger charge is 1.59. The van der Waals surface area contributed by atoms with Gasteiger partial charge in [0.15, 0.2) is 0 Å². The molecule has 0 radical (unpaired) electrons. The number of hydrogen-bond donors (Lipinski definition) is 0. The summed E-state index contributed by atoms with van der Waals surface area (Å²) in [6.07, 6.45) is 7.68. The van der Waals surface area contributed by atoms with Crippen LogP contribution in [0, 0.1) is 24.4 Å². The quantitative estimate of drug-likeness (QED) is 0.400. The Morgan fingerprint density at radius 1 is 1.71 bits per heavy atom. The fourth-order valence-electron chi connectivity index (χ4n) is 0.159. The van der Waals surface area contributed by atoms with Crippen molar-refractivity contribution in [3.05, 3.63) is 0 Å². The summed E-state index contributed by atoms with van der Waals surface area (Å²) in [6, 6.07) is 0. The fourth-order valence-corrected chi connectivity index (χ4v) is 0.159. The van der Waals surface area contributed by atoms with Crippen molar-refractivity contribution < 1.29 is 4.74 Å². The third-order valence-corrected chi connectivity index (χ3v) is 0.365. The molecule has 0 saturated heterocycles. The Balaban J connectivity index is 3.12. The number of hydrogen-bond acceptors (Lipinski definition) is 1. The molecule has 0 bridgehead atoms. The fraction of sp³-hybridized carbons (Fsp3) is 0.333. The van der Waals surface area contributed by atoms with E-state index in [0.29, 0.717) is 6.42 Å². The van der Waals surface area contributed by atoms with Gasteiger partial charge in [-0.1, -0.05) is 5.92 Å². The molecule has 0 atom stereocenters. The second-order valence-electron chi connectivity index (χ2n) is 0.864. The highest BCUT2D eigenvalue weighted by Crippen LogP contribution is 1.65. The third-order valence-electron chi connectivity index (χ3n) is 0.365. The van der Waals surface area contributed by atoms with Gasteiger partial charge in [0, 0.05) is 0 Å². The molecule has 0 saturated carbocycles. The highest BCUT2D eigenvalue weighted by atomic mass is 16.5. The van der Waals surface area contributed by atoms with Gasteiger partial charge in [-0.15, -0.1) is 6.42 Å². The molecule has 0 rings (SSSR count). The van der Waals surface area contributed by atoms with Gasteiger partial charge in [0.25, 0.3) is 0 Å². The van der Waals surface area contributed by atoms with Gasteiger partial charge >= 0.3 is 0 Å². The lowest BCUT2D eigenvalue weighted by Crippen LogP contribution is -1.63. The second kappa shape index (κ2) is 4.92. The summed E-state index contributed by atoms with van der Waals surface area (Å²) in [5, 5.41) is 0. The predicted octanol–water partition coefficient (Wildman–Crippen LogP) is 0.617. The first-order valence-electron chi connectivity index (χ1n) is 1.86. The minimum atomic E-state index is 0.466. The summed E-state index contributed by atoms with van der Waals surface area (Å²) in [7, 11) is 1.50. The van der Waals surface area contributed by atoms with Gasteiger partial charge in [0.1, 0.15) is 6.11 Å². The molecule has 0 amide bonds. The number of methoxy groups -OCH3 is 1. The molecule has 0 unspecified atom stereocenters. The SMILES string of the molecule is C#CCC#COC. The molecule has 0 aromatic carbocycles. The van der Waals surface area contributed by atoms with Gasteiger partial charge in [0.2, 0.25) is 0 Å². The van der Waals surface area contributed by atoms with E-state index >= 15 is 0 Å². The molecule has 0 heterocycles. The smallest absolute Gasteiger partial charge is 0.110 e. The summed E-state index contributed by atoms with van der Waals surface area (Å²) >= 11 is 0. The van der Waals surface area contributed by atoms with Crippen molar-refractivity contribution in [1.29, 1.82) is 0 Å². The van der Waals surface area contributed by atoms with Crippen LogP contribution in [-0.2, 0) is 4.74 Å². The average Bonchev–Trinajstić information content (AvgIpc) is 1.69. The lowest BCUT2D eigenvalue weighted by molar-refractivity contribution is 0.372. The zero-order valence-electron chi connectivity index (χ0n) is 4.19. The highest BCUT2D eigenvalue weighted by molar-refractivity contribution is 5.03. The van der Waals surface area contributed by atoms with Crippen molar-refractivity contribution in [3.8, 4) is 24.4 Å². The molecular formula is C6H6O. The maximum atomic E-state index is 4.86. The molecule has 1 heteroatoms. The van der Waals surface area contributed by atoms with E-state index in [2.05, 4.69) is 22.7 Å². The first-order chi connectivity index (χ1) is 3.41. The Morgan fingerprint density at radius 3 is 2.86 bits per heavy atom. The zero-order chi connectivity index (χ0) is 5.54. The predicted molar refractivity (Wildman–Crippen MR) is 28.2 cm³/mol. The van der Waals surface area contributed by atoms with Crippen LogP contribution in [0.4, 0.5) is 0 Å². The summed E-state index contributed by atoms with van der Waals surface area (Å²) in [5.74, 6) is 4.93. The van der Waals surface area contributed by atoms with Crippen molar-refractivity contribution in [1.82, 2.24) is 0 Å². The Labute approximate surface area is 43.7 Å². The minimum Gasteiger partial charge on any atom is -0.450 e. The maximum Gasteiger partial charge on any atom is 0.110 e. The summed E-state index contributed by atoms with van der Waals surface area (Å²) in [6.45, 7) is 0. The van der Waals surface area contributed by atoms with Crippen molar-refractivity contribution in [2.75, 3.05) is 7.11 Å². The standard InChI is InChI=1S/C6H6O/c1-3-4-5-6-7-2/h1H,4H2,2H3. The van der Waals surface area contributed by atoms with Crippen LogP contribution >= 0.6 is 0 Å². The number of rotatable bonds is 0. The van der Waals surface area contributed by atoms with E-state index in [-0.39, 0.29) is 0 Å². The van der Waals surface area contributed by atoms with E-state index in [1.54, 1.807) is 0 Å². The molecule has 0 aliphatic carbocycles. The van der Waals surface area contributed by atoms with Crippen LogP contribution in [0.5, 0.6) is 0 Å². The van der Waals surface area contributed by atoms with Crippen LogP contribution in [0.15, 0.2) is 0 Å². The van der Waals surface area contributed by atoms with Crippen molar-refractivity contribution >= 4 is 0 Å². The number of ether oxygens (including phenoxy) is 1. The maximum absolute atomic E-state index is 4.86. The average molecular weight is 94.1 g/mol. The zero-order valence-corrected chi connectivity index (χ0v) is 4.19. The normalized spacial score (nSPS) is 5.14. The third kappa shape index (κ3) is 4.92. The second-order valence-corrected chi connectivity index (χ2v) is 0.864. The Bertz CT molecular complexity index is 119. The largest absolute Gasteiger partial charge is 0.450 e. The lowest BCUT2D eigenvalue weighted by Gasteiger charge is -1.72. The minimum absolute atomic E-state index is 0.466. The Kier molecular flexibility index (Phi) is 4.16. The van der Waals surface area contributed by atoms with Crippen LogP contribution in [0.1, 0.15) is 6.42 Å². The molecule has 0 aromatic rings. The van der Waals surface area contributed by atoms with Crippen LogP contribution in [-0.4, -0.2) is 7.11 Å². The summed E-state index contributed by atoms with van der Waals surface area (Å²) < 4.78 is 4.39. The molecule has 36 valence electrons. The van der Waals surface area contributed by atoms with Gasteiger partial charge in [-0.2, -0.15) is 0 Å². The molecule has 0 N–H and O–H groups in total. The van der Waals surface area contributed by atoms with E-state index in [1.807, 2.05) is 0 Å². The van der Waals surface area contributed by atoms with E-state index in [9.17, 15) is 0 Å². The van der Waals surface area contributed by atoms with E-state index in [4.69, 9.17) is 6.42 Å². The van der Waals surface area contributed by atoms with Crippen LogP contribution < -0.4 is 0 Å². The van der Waals surface area contributed by atoms with Gasteiger partial charge in [-0.05, 0) is 5.92 Å². The van der Waals surface area contributed by atoms with Crippen LogP contribution in [0.2, 0.25) is 0 Å². The van der Waals surface area contributed by atoms with Crippen molar-refractivity contribution in [2.24, 2.45) is 0 Å². The van der Waals surface area contributed by atoms with Gasteiger partial charge in [-0.3, -0.25) is 0 Å². The Hall–Kier alpha value is -1.08. The molecule has 1 nitrogen and oxygen atoms in total. The molecule has 7 heavy (non-hydrogen) atoms. The van der Waals surface area contributed by atoms with E-state index < -0.39 is 0 Å². The van der Waals surface area contributed by atoms with Crippen LogP contribution in [0.25, 0.3) is 0 Å². The van der Waals surface area contributed by atoms with E-state index in [0.717, 1.165) is 0 Å². The molecule has 0 spiro atoms. The molecule has 0 aromatic heterocycles. The summed E-state index contributed by atoms with van der Waals surface area (Å²) in [5.41, 5.74) is 0. The van der Waals surface area contributed by atoms with Gasteiger partial charge in [-0.25, -0.2) is 0 Å². The topological polar surface area (TPSA) is 9.23 Å². The van der Waals surface area contributed by atoms with Gasteiger partial charge in [0.05, 0.1) is 13.5 Å². The van der Waals surface area contributed by atoms with Crippen LogP contribution in [0.3, 0.4) is 0 Å². The van der Waals surface area contributed by atoms with Crippen molar-refractivity contribution in [3.63, 3.8) is 0 Å². The molecular weight excluding hydrogens is 88.1 g/mol. The summed E-state index contributed by atoms with van der Waals surface area (Å²) in [4.78, 5) is 0. The number of terminal acetylenes is 1. The first-order valence-corrected chi connectivity index (χ1v) is 1.86. The van der Waals surface area contributed by atoms with Gasteiger partial charge < -0.3 is 4.74 Å². The first kappa shape index (κ1) is 5.92. The van der Waals surface area contributed by atoms with E-state index in [1.165, 1.54) is 7.11 Å². The lowest BCUT2D eigenvalue weighted by atomic mass is 10.5. The Morgan fingerprint density at radius 2 is 2.43 bits per heavy atom. The molecule has 0 aliphatic heterocycles.